The van der Waals surface area contributed by atoms with E-state index in [4.69, 9.17) is 5.11 Å². The molecule has 5 nitrogen and oxygen atoms in total. The van der Waals surface area contributed by atoms with Crippen LogP contribution in [0.15, 0.2) is 66.7 Å². The number of carbonyl (C=O) groups excluding carboxylic acids is 1. The number of carboxylic acids is 1. The van der Waals surface area contributed by atoms with Crippen molar-refractivity contribution in [2.75, 3.05) is 0 Å². The number of carboxylic acid groups (broad SMARTS) is 1. The van der Waals surface area contributed by atoms with Crippen LogP contribution in [0.1, 0.15) is 40.6 Å². The summed E-state index contributed by atoms with van der Waals surface area (Å²) in [7, 11) is 0. The lowest BCUT2D eigenvalue weighted by molar-refractivity contribution is -0.146. The van der Waals surface area contributed by atoms with Crippen LogP contribution in [0.4, 0.5) is 0 Å². The van der Waals surface area contributed by atoms with Gasteiger partial charge in [-0.05, 0) is 29.3 Å². The van der Waals surface area contributed by atoms with E-state index < -0.39 is 18.0 Å². The fourth-order valence-corrected chi connectivity index (χ4v) is 3.06. The van der Waals surface area contributed by atoms with Crippen molar-refractivity contribution < 1.29 is 19.8 Å². The molecule has 0 aliphatic heterocycles. The predicted molar refractivity (Wildman–Crippen MR) is 98.9 cm³/mol. The van der Waals surface area contributed by atoms with Gasteiger partial charge in [0.2, 0.25) is 0 Å². The Morgan fingerprint density at radius 1 is 0.885 bits per heavy atom. The summed E-state index contributed by atoms with van der Waals surface area (Å²) >= 11 is 0. The topological polar surface area (TPSA) is 86.6 Å². The molecular formula is C21H19NO4. The number of aliphatic hydroxyl groups is 1. The van der Waals surface area contributed by atoms with Crippen molar-refractivity contribution in [3.8, 4) is 0 Å². The molecule has 5 heteroatoms. The van der Waals surface area contributed by atoms with Gasteiger partial charge in [-0.15, -0.1) is 0 Å². The van der Waals surface area contributed by atoms with Crippen LogP contribution in [0, 0.1) is 0 Å². The summed E-state index contributed by atoms with van der Waals surface area (Å²) in [5, 5.41) is 23.9. The first-order chi connectivity index (χ1) is 12.5. The van der Waals surface area contributed by atoms with E-state index in [1.807, 2.05) is 49.4 Å². The van der Waals surface area contributed by atoms with Crippen LogP contribution >= 0.6 is 0 Å². The van der Waals surface area contributed by atoms with Crippen LogP contribution in [0.3, 0.4) is 0 Å². The molecule has 3 aromatic rings. The predicted octanol–water partition coefficient (Wildman–Crippen LogP) is 3.45. The van der Waals surface area contributed by atoms with Crippen molar-refractivity contribution >= 4 is 22.6 Å². The van der Waals surface area contributed by atoms with Crippen LogP contribution in [-0.4, -0.2) is 22.1 Å². The second kappa shape index (κ2) is 7.37. The Morgan fingerprint density at radius 2 is 1.50 bits per heavy atom. The van der Waals surface area contributed by atoms with E-state index >= 15 is 0 Å². The van der Waals surface area contributed by atoms with Crippen LogP contribution in [0.5, 0.6) is 0 Å². The molecule has 3 aromatic carbocycles. The molecule has 0 aliphatic carbocycles. The fraction of sp³-hybridized carbons (Fsp3) is 0.143. The first-order valence-electron chi connectivity index (χ1n) is 8.27. The fourth-order valence-electron chi connectivity index (χ4n) is 3.06. The molecule has 0 aliphatic rings. The van der Waals surface area contributed by atoms with Crippen LogP contribution < -0.4 is 5.32 Å². The lowest BCUT2D eigenvalue weighted by atomic mass is 9.98. The molecule has 1 amide bonds. The maximum atomic E-state index is 12.7. The average Bonchev–Trinajstić information content (AvgIpc) is 2.66. The van der Waals surface area contributed by atoms with E-state index in [0.717, 1.165) is 16.3 Å². The third-order valence-corrected chi connectivity index (χ3v) is 4.37. The van der Waals surface area contributed by atoms with Gasteiger partial charge in [-0.25, -0.2) is 4.79 Å². The van der Waals surface area contributed by atoms with Gasteiger partial charge in [-0.3, -0.25) is 4.79 Å². The molecule has 0 saturated carbocycles. The molecule has 0 saturated heterocycles. The molecule has 0 radical (unpaired) electrons. The van der Waals surface area contributed by atoms with E-state index in [-0.39, 0.29) is 17.2 Å². The third kappa shape index (κ3) is 3.43. The Hall–Kier alpha value is -3.18. The van der Waals surface area contributed by atoms with Crippen molar-refractivity contribution in [1.82, 2.24) is 5.32 Å². The lowest BCUT2D eigenvalue weighted by Gasteiger charge is -2.18. The molecule has 0 spiro atoms. The number of aliphatic carboxylic acids is 1. The minimum absolute atomic E-state index is 0.0719. The Kier molecular flexibility index (Phi) is 5.00. The summed E-state index contributed by atoms with van der Waals surface area (Å²) in [6, 6.07) is 19.7. The summed E-state index contributed by atoms with van der Waals surface area (Å²) in [6.07, 6.45) is -1.75. The highest BCUT2D eigenvalue weighted by atomic mass is 16.4. The Morgan fingerprint density at radius 3 is 2.27 bits per heavy atom. The highest BCUT2D eigenvalue weighted by molar-refractivity contribution is 5.97. The second-order valence-electron chi connectivity index (χ2n) is 6.09. The third-order valence-electron chi connectivity index (χ3n) is 4.37. The first kappa shape index (κ1) is 17.6. The average molecular weight is 349 g/mol. The van der Waals surface area contributed by atoms with E-state index in [0.29, 0.717) is 0 Å². The summed E-state index contributed by atoms with van der Waals surface area (Å²) in [5.74, 6) is -1.83. The smallest absolute Gasteiger partial charge is 0.337 e. The molecule has 26 heavy (non-hydrogen) atoms. The maximum Gasteiger partial charge on any atom is 0.337 e. The molecule has 0 bridgehead atoms. The summed E-state index contributed by atoms with van der Waals surface area (Å²) in [6.45, 7) is 1.87. The molecule has 0 unspecified atom stereocenters. The van der Waals surface area contributed by atoms with Gasteiger partial charge in [0.1, 0.15) is 0 Å². The number of aliphatic hydroxyl groups excluding tert-OH is 1. The molecule has 3 rings (SSSR count). The Bertz CT molecular complexity index is 962. The van der Waals surface area contributed by atoms with Gasteiger partial charge in [-0.2, -0.15) is 0 Å². The van der Waals surface area contributed by atoms with E-state index in [1.165, 1.54) is 12.1 Å². The number of carbonyl (C=O) groups is 2. The second-order valence-corrected chi connectivity index (χ2v) is 6.09. The zero-order valence-electron chi connectivity index (χ0n) is 14.2. The summed E-state index contributed by atoms with van der Waals surface area (Å²) < 4.78 is 0. The van der Waals surface area contributed by atoms with Crippen LogP contribution in [-0.2, 0) is 4.79 Å². The van der Waals surface area contributed by atoms with Gasteiger partial charge in [0.15, 0.2) is 6.10 Å². The molecular weight excluding hydrogens is 330 g/mol. The lowest BCUT2D eigenvalue weighted by Crippen LogP contribution is -2.28. The van der Waals surface area contributed by atoms with Gasteiger partial charge in [-0.1, -0.05) is 60.7 Å². The van der Waals surface area contributed by atoms with Crippen LogP contribution in [0.2, 0.25) is 0 Å². The van der Waals surface area contributed by atoms with Gasteiger partial charge in [0.05, 0.1) is 6.04 Å². The van der Waals surface area contributed by atoms with Crippen molar-refractivity contribution in [3.63, 3.8) is 0 Å². The highest BCUT2D eigenvalue weighted by Crippen LogP contribution is 2.25. The minimum Gasteiger partial charge on any atom is -0.479 e. The van der Waals surface area contributed by atoms with Gasteiger partial charge in [0.25, 0.3) is 5.91 Å². The first-order valence-corrected chi connectivity index (χ1v) is 8.27. The molecule has 0 aromatic heterocycles. The minimum atomic E-state index is -1.75. The molecule has 132 valence electrons. The summed E-state index contributed by atoms with van der Waals surface area (Å²) in [4.78, 5) is 23.8. The van der Waals surface area contributed by atoms with Crippen molar-refractivity contribution in [2.45, 2.75) is 19.1 Å². The maximum absolute atomic E-state index is 12.7. The quantitative estimate of drug-likeness (QED) is 0.658. The standard InChI is InChI=1S/C21H19NO4/c1-13(15-12-6-8-14-7-2-3-9-16(14)15)22-20(24)18-11-5-4-10-17(18)19(23)21(25)26/h2-13,19,23H,1H3,(H,22,24)(H,25,26)/t13-,19+/m1/s1. The largest absolute Gasteiger partial charge is 0.479 e. The molecule has 3 N–H and O–H groups in total. The van der Waals surface area contributed by atoms with E-state index in [1.54, 1.807) is 12.1 Å². The SMILES string of the molecule is C[C@@H](NC(=O)c1ccccc1[C@H](O)C(=O)O)c1cccc2ccccc12. The Labute approximate surface area is 150 Å². The monoisotopic (exact) mass is 349 g/mol. The van der Waals surface area contributed by atoms with Gasteiger partial charge >= 0.3 is 5.97 Å². The number of hydrogen-bond acceptors (Lipinski definition) is 3. The van der Waals surface area contributed by atoms with Crippen molar-refractivity contribution in [2.24, 2.45) is 0 Å². The van der Waals surface area contributed by atoms with E-state index in [2.05, 4.69) is 5.32 Å². The van der Waals surface area contributed by atoms with Gasteiger partial charge in [0, 0.05) is 11.1 Å². The number of fused-ring (bicyclic) bond motifs is 1. The highest BCUT2D eigenvalue weighted by Gasteiger charge is 2.23. The van der Waals surface area contributed by atoms with E-state index in [9.17, 15) is 14.7 Å². The Balaban J connectivity index is 1.90. The zero-order chi connectivity index (χ0) is 18.7. The molecule has 2 atom stereocenters. The zero-order valence-corrected chi connectivity index (χ0v) is 14.2. The number of hydrogen-bond donors (Lipinski definition) is 3. The molecule has 0 fully saturated rings. The number of amides is 1. The summed E-state index contributed by atoms with van der Waals surface area (Å²) in [5.41, 5.74) is 1.19. The number of nitrogens with one attached hydrogen (secondary N) is 1. The number of benzene rings is 3. The van der Waals surface area contributed by atoms with Crippen LogP contribution in [0.25, 0.3) is 10.8 Å². The van der Waals surface area contributed by atoms with Gasteiger partial charge < -0.3 is 15.5 Å². The number of rotatable bonds is 5. The molecule has 0 heterocycles. The van der Waals surface area contributed by atoms with Crippen molar-refractivity contribution in [3.05, 3.63) is 83.4 Å². The normalized spacial score (nSPS) is 13.2. The van der Waals surface area contributed by atoms with Crippen molar-refractivity contribution in [1.29, 1.82) is 0 Å².